The van der Waals surface area contributed by atoms with Gasteiger partial charge in [-0.2, -0.15) is 0 Å². The van der Waals surface area contributed by atoms with E-state index in [1.807, 2.05) is 30.0 Å². The molecule has 3 aromatic heterocycles. The first-order chi connectivity index (χ1) is 12.7. The number of thiophene rings is 1. The number of nitrogens with zero attached hydrogens (tertiary/aromatic N) is 4. The molecular weight excluding hydrogens is 350 g/mol. The van der Waals surface area contributed by atoms with Gasteiger partial charge in [-0.15, -0.1) is 11.3 Å². The third kappa shape index (κ3) is 3.25. The van der Waals surface area contributed by atoms with Gasteiger partial charge in [0, 0.05) is 19.3 Å². The van der Waals surface area contributed by atoms with Crippen LogP contribution in [0.25, 0.3) is 10.2 Å². The standard InChI is InChI=1S/C18H19N5O2S/c1-12-14-16(20-10-13-4-2-3-5-19-13)21-11-22-17(14)26-15(12)18(24)23-6-8-25-9-7-23/h2-5,11H,6-10H2,1H3,(H,20,21,22). The predicted octanol–water partition coefficient (Wildman–Crippen LogP) is 2.48. The highest BCUT2D eigenvalue weighted by Gasteiger charge is 2.24. The van der Waals surface area contributed by atoms with E-state index in [1.54, 1.807) is 6.20 Å². The molecule has 0 atom stereocenters. The minimum Gasteiger partial charge on any atom is -0.378 e. The molecule has 4 rings (SSSR count). The van der Waals surface area contributed by atoms with Gasteiger partial charge in [0.05, 0.1) is 35.7 Å². The van der Waals surface area contributed by atoms with Gasteiger partial charge >= 0.3 is 0 Å². The maximum atomic E-state index is 12.9. The van der Waals surface area contributed by atoms with E-state index >= 15 is 0 Å². The van der Waals surface area contributed by atoms with Gasteiger partial charge in [-0.3, -0.25) is 9.78 Å². The van der Waals surface area contributed by atoms with E-state index in [-0.39, 0.29) is 5.91 Å². The summed E-state index contributed by atoms with van der Waals surface area (Å²) in [7, 11) is 0. The van der Waals surface area contributed by atoms with Crippen LogP contribution in [0.5, 0.6) is 0 Å². The van der Waals surface area contributed by atoms with E-state index in [2.05, 4.69) is 20.3 Å². The Morgan fingerprint density at radius 3 is 2.88 bits per heavy atom. The van der Waals surface area contributed by atoms with Crippen LogP contribution in [0.3, 0.4) is 0 Å². The third-order valence-corrected chi connectivity index (χ3v) is 5.57. The number of fused-ring (bicyclic) bond motifs is 1. The van der Waals surface area contributed by atoms with Gasteiger partial charge in [0.15, 0.2) is 0 Å². The molecule has 1 amide bonds. The maximum Gasteiger partial charge on any atom is 0.264 e. The number of hydrogen-bond donors (Lipinski definition) is 1. The van der Waals surface area contributed by atoms with Crippen LogP contribution in [0.1, 0.15) is 20.9 Å². The third-order valence-electron chi connectivity index (χ3n) is 4.38. The van der Waals surface area contributed by atoms with Crippen molar-refractivity contribution in [2.45, 2.75) is 13.5 Å². The maximum absolute atomic E-state index is 12.9. The molecule has 1 saturated heterocycles. The summed E-state index contributed by atoms with van der Waals surface area (Å²) in [4.78, 5) is 29.3. The largest absolute Gasteiger partial charge is 0.378 e. The average Bonchev–Trinajstić information content (AvgIpc) is 3.04. The number of aromatic nitrogens is 3. The zero-order valence-corrected chi connectivity index (χ0v) is 15.3. The van der Waals surface area contributed by atoms with Crippen LogP contribution in [0.15, 0.2) is 30.7 Å². The summed E-state index contributed by atoms with van der Waals surface area (Å²) in [6.45, 7) is 4.96. The quantitative estimate of drug-likeness (QED) is 0.761. The summed E-state index contributed by atoms with van der Waals surface area (Å²) >= 11 is 1.42. The lowest BCUT2D eigenvalue weighted by Gasteiger charge is -2.26. The van der Waals surface area contributed by atoms with Crippen molar-refractivity contribution in [2.75, 3.05) is 31.6 Å². The fraction of sp³-hybridized carbons (Fsp3) is 0.333. The summed E-state index contributed by atoms with van der Waals surface area (Å²) in [5, 5.41) is 4.23. The monoisotopic (exact) mass is 369 g/mol. The van der Waals surface area contributed by atoms with Crippen molar-refractivity contribution in [3.05, 3.63) is 46.9 Å². The van der Waals surface area contributed by atoms with Crippen LogP contribution in [-0.2, 0) is 11.3 Å². The molecule has 0 saturated carbocycles. The summed E-state index contributed by atoms with van der Waals surface area (Å²) in [5.74, 6) is 0.778. The van der Waals surface area contributed by atoms with Crippen molar-refractivity contribution in [1.29, 1.82) is 0 Å². The molecule has 1 aliphatic heterocycles. The molecule has 26 heavy (non-hydrogen) atoms. The fourth-order valence-electron chi connectivity index (χ4n) is 3.00. The first-order valence-electron chi connectivity index (χ1n) is 8.49. The van der Waals surface area contributed by atoms with Crippen LogP contribution >= 0.6 is 11.3 Å². The number of anilines is 1. The van der Waals surface area contributed by atoms with Crippen LogP contribution in [0.4, 0.5) is 5.82 Å². The number of rotatable bonds is 4. The Balaban J connectivity index is 1.63. The molecule has 4 heterocycles. The lowest BCUT2D eigenvalue weighted by Crippen LogP contribution is -2.40. The Morgan fingerprint density at radius 2 is 2.12 bits per heavy atom. The zero-order valence-electron chi connectivity index (χ0n) is 14.4. The van der Waals surface area contributed by atoms with E-state index in [4.69, 9.17) is 4.74 Å². The predicted molar refractivity (Wildman–Crippen MR) is 100 cm³/mol. The lowest BCUT2D eigenvalue weighted by atomic mass is 10.2. The Bertz CT molecular complexity index is 922. The SMILES string of the molecule is Cc1c(C(=O)N2CCOCC2)sc2ncnc(NCc3ccccn3)c12. The number of carbonyl (C=O) groups excluding carboxylic acids is 1. The molecule has 134 valence electrons. The van der Waals surface area contributed by atoms with Crippen LogP contribution in [0.2, 0.25) is 0 Å². The summed E-state index contributed by atoms with van der Waals surface area (Å²) < 4.78 is 5.34. The molecule has 7 nitrogen and oxygen atoms in total. The van der Waals surface area contributed by atoms with Gasteiger partial charge in [0.2, 0.25) is 0 Å². The Kier molecular flexibility index (Phi) is 4.77. The van der Waals surface area contributed by atoms with Crippen molar-refractivity contribution < 1.29 is 9.53 Å². The molecule has 1 N–H and O–H groups in total. The first kappa shape index (κ1) is 16.9. The van der Waals surface area contributed by atoms with E-state index in [9.17, 15) is 4.79 Å². The summed E-state index contributed by atoms with van der Waals surface area (Å²) in [5.41, 5.74) is 1.85. The topological polar surface area (TPSA) is 80.2 Å². The molecule has 0 spiro atoms. The van der Waals surface area contributed by atoms with E-state index in [1.165, 1.54) is 17.7 Å². The molecule has 3 aromatic rings. The van der Waals surface area contributed by atoms with Crippen LogP contribution in [-0.4, -0.2) is 52.1 Å². The number of carbonyl (C=O) groups is 1. The normalized spacial score (nSPS) is 14.6. The van der Waals surface area contributed by atoms with Crippen LogP contribution in [0, 0.1) is 6.92 Å². The smallest absolute Gasteiger partial charge is 0.264 e. The highest BCUT2D eigenvalue weighted by Crippen LogP contribution is 2.34. The molecule has 1 fully saturated rings. The number of aryl methyl sites for hydroxylation is 1. The molecular formula is C18H19N5O2S. The van der Waals surface area contributed by atoms with Gasteiger partial charge in [0.1, 0.15) is 17.0 Å². The van der Waals surface area contributed by atoms with Crippen molar-refractivity contribution in [3.63, 3.8) is 0 Å². The molecule has 0 unspecified atom stereocenters. The lowest BCUT2D eigenvalue weighted by molar-refractivity contribution is 0.0306. The second-order valence-electron chi connectivity index (χ2n) is 6.04. The minimum absolute atomic E-state index is 0.0458. The second-order valence-corrected chi connectivity index (χ2v) is 7.04. The summed E-state index contributed by atoms with van der Waals surface area (Å²) in [6.07, 6.45) is 3.30. The molecule has 0 radical (unpaired) electrons. The number of ether oxygens (including phenoxy) is 1. The van der Waals surface area contributed by atoms with E-state index in [0.29, 0.717) is 32.8 Å². The van der Waals surface area contributed by atoms with Gasteiger partial charge in [-0.1, -0.05) is 6.07 Å². The molecule has 1 aliphatic rings. The van der Waals surface area contributed by atoms with Gasteiger partial charge in [0.25, 0.3) is 5.91 Å². The van der Waals surface area contributed by atoms with Gasteiger partial charge in [-0.25, -0.2) is 9.97 Å². The number of morpholine rings is 1. The van der Waals surface area contributed by atoms with Crippen LogP contribution < -0.4 is 5.32 Å². The molecule has 0 aromatic carbocycles. The average molecular weight is 369 g/mol. The number of nitrogens with one attached hydrogen (secondary N) is 1. The number of hydrogen-bond acceptors (Lipinski definition) is 7. The van der Waals surface area contributed by atoms with Gasteiger partial charge in [-0.05, 0) is 24.6 Å². The van der Waals surface area contributed by atoms with Crippen molar-refractivity contribution in [3.8, 4) is 0 Å². The Hall–Kier alpha value is -2.58. The van der Waals surface area contributed by atoms with Crippen molar-refractivity contribution in [2.24, 2.45) is 0 Å². The number of pyridine rings is 1. The molecule has 0 bridgehead atoms. The van der Waals surface area contributed by atoms with E-state index < -0.39 is 0 Å². The van der Waals surface area contributed by atoms with Gasteiger partial charge < -0.3 is 15.0 Å². The number of amides is 1. The molecule has 0 aliphatic carbocycles. The first-order valence-corrected chi connectivity index (χ1v) is 9.30. The summed E-state index contributed by atoms with van der Waals surface area (Å²) in [6, 6.07) is 5.80. The molecule has 8 heteroatoms. The fourth-order valence-corrected chi connectivity index (χ4v) is 4.11. The second kappa shape index (κ2) is 7.35. The Morgan fingerprint density at radius 1 is 1.27 bits per heavy atom. The van der Waals surface area contributed by atoms with Crippen molar-refractivity contribution in [1.82, 2.24) is 19.9 Å². The zero-order chi connectivity index (χ0) is 17.9. The van der Waals surface area contributed by atoms with E-state index in [0.717, 1.165) is 32.2 Å². The highest BCUT2D eigenvalue weighted by molar-refractivity contribution is 7.20. The minimum atomic E-state index is 0.0458. The Labute approximate surface area is 155 Å². The van der Waals surface area contributed by atoms with Crippen molar-refractivity contribution >= 4 is 33.3 Å². The highest BCUT2D eigenvalue weighted by atomic mass is 32.1.